The van der Waals surface area contributed by atoms with Gasteiger partial charge in [0, 0.05) is 17.3 Å². The number of guanidine groups is 1. The molecule has 0 aliphatic heterocycles. The van der Waals surface area contributed by atoms with Crippen molar-refractivity contribution in [2.24, 2.45) is 10.7 Å². The van der Waals surface area contributed by atoms with Gasteiger partial charge in [-0.15, -0.1) is 0 Å². The summed E-state index contributed by atoms with van der Waals surface area (Å²) < 4.78 is 5.10. The fourth-order valence-corrected chi connectivity index (χ4v) is 2.09. The summed E-state index contributed by atoms with van der Waals surface area (Å²) in [5.74, 6) is 1.18. The van der Waals surface area contributed by atoms with Crippen molar-refractivity contribution < 1.29 is 4.74 Å². The van der Waals surface area contributed by atoms with Crippen LogP contribution in [0.25, 0.3) is 0 Å². The van der Waals surface area contributed by atoms with Crippen LogP contribution in [0, 0.1) is 0 Å². The number of ether oxygens (including phenoxy) is 1. The number of nitrogens with zero attached hydrogens (tertiary/aromatic N) is 1. The number of hydrogen-bond donors (Lipinski definition) is 2. The normalized spacial score (nSPS) is 11.2. The highest BCUT2D eigenvalue weighted by Crippen LogP contribution is 2.16. The first kappa shape index (κ1) is 15.2. The highest BCUT2D eigenvalue weighted by atomic mass is 35.5. The van der Waals surface area contributed by atoms with E-state index in [4.69, 9.17) is 22.1 Å². The Morgan fingerprint density at radius 2 is 1.90 bits per heavy atom. The molecule has 0 bridgehead atoms. The number of nitrogens with one attached hydrogen (secondary N) is 1. The van der Waals surface area contributed by atoms with Crippen LogP contribution in [0.3, 0.4) is 0 Å². The quantitative estimate of drug-likeness (QED) is 0.658. The van der Waals surface area contributed by atoms with E-state index in [1.807, 2.05) is 48.5 Å². The average Bonchev–Trinajstić information content (AvgIpc) is 2.50. The SMILES string of the molecule is COc1ccc(NC(N)=NCCc2ccccc2Cl)cc1. The van der Waals surface area contributed by atoms with Crippen molar-refractivity contribution >= 4 is 23.2 Å². The Bertz CT molecular complexity index is 611. The molecule has 4 nitrogen and oxygen atoms in total. The maximum absolute atomic E-state index is 6.09. The molecule has 0 amide bonds. The zero-order chi connectivity index (χ0) is 15.1. The monoisotopic (exact) mass is 303 g/mol. The van der Waals surface area contributed by atoms with Crippen LogP contribution in [0.2, 0.25) is 5.02 Å². The third-order valence-corrected chi connectivity index (χ3v) is 3.35. The number of hydrogen-bond acceptors (Lipinski definition) is 2. The summed E-state index contributed by atoms with van der Waals surface area (Å²) >= 11 is 6.09. The molecule has 0 heterocycles. The minimum Gasteiger partial charge on any atom is -0.497 e. The standard InChI is InChI=1S/C16H18ClN3O/c1-21-14-8-6-13(7-9-14)20-16(18)19-11-10-12-4-2-3-5-15(12)17/h2-9H,10-11H2,1H3,(H3,18,19,20). The number of rotatable bonds is 5. The largest absolute Gasteiger partial charge is 0.497 e. The third-order valence-electron chi connectivity index (χ3n) is 2.98. The number of nitrogens with two attached hydrogens (primary N) is 1. The molecule has 110 valence electrons. The molecule has 0 radical (unpaired) electrons. The van der Waals surface area contributed by atoms with Gasteiger partial charge < -0.3 is 15.8 Å². The van der Waals surface area contributed by atoms with E-state index in [1.54, 1.807) is 7.11 Å². The molecule has 2 aromatic carbocycles. The van der Waals surface area contributed by atoms with Crippen LogP contribution in [-0.2, 0) is 6.42 Å². The molecule has 0 saturated carbocycles. The maximum atomic E-state index is 6.09. The van der Waals surface area contributed by atoms with Crippen LogP contribution < -0.4 is 15.8 Å². The number of anilines is 1. The number of halogens is 1. The summed E-state index contributed by atoms with van der Waals surface area (Å²) in [4.78, 5) is 4.29. The fourth-order valence-electron chi connectivity index (χ4n) is 1.86. The van der Waals surface area contributed by atoms with Gasteiger partial charge in [0.15, 0.2) is 5.96 Å². The van der Waals surface area contributed by atoms with Crippen LogP contribution in [-0.4, -0.2) is 19.6 Å². The fraction of sp³-hybridized carbons (Fsp3) is 0.188. The molecule has 0 unspecified atom stereocenters. The highest BCUT2D eigenvalue weighted by Gasteiger charge is 1.99. The summed E-state index contributed by atoms with van der Waals surface area (Å²) in [5.41, 5.74) is 7.79. The van der Waals surface area contributed by atoms with E-state index < -0.39 is 0 Å². The van der Waals surface area contributed by atoms with Crippen molar-refractivity contribution in [2.75, 3.05) is 19.0 Å². The lowest BCUT2D eigenvalue weighted by Gasteiger charge is -2.07. The molecule has 0 fully saturated rings. The highest BCUT2D eigenvalue weighted by molar-refractivity contribution is 6.31. The van der Waals surface area contributed by atoms with Gasteiger partial charge in [0.25, 0.3) is 0 Å². The van der Waals surface area contributed by atoms with Gasteiger partial charge in [0.1, 0.15) is 5.75 Å². The van der Waals surface area contributed by atoms with Crippen molar-refractivity contribution in [3.05, 3.63) is 59.1 Å². The number of benzene rings is 2. The summed E-state index contributed by atoms with van der Waals surface area (Å²) in [6.07, 6.45) is 0.755. The Balaban J connectivity index is 1.87. The van der Waals surface area contributed by atoms with E-state index in [0.29, 0.717) is 12.5 Å². The summed E-state index contributed by atoms with van der Waals surface area (Å²) in [7, 11) is 1.63. The van der Waals surface area contributed by atoms with Gasteiger partial charge in [-0.25, -0.2) is 0 Å². The third kappa shape index (κ3) is 4.68. The zero-order valence-electron chi connectivity index (χ0n) is 11.8. The Morgan fingerprint density at radius 3 is 2.57 bits per heavy atom. The molecule has 0 aliphatic carbocycles. The average molecular weight is 304 g/mol. The summed E-state index contributed by atoms with van der Waals surface area (Å²) in [5, 5.41) is 3.79. The molecule has 2 aromatic rings. The molecular formula is C16H18ClN3O. The van der Waals surface area contributed by atoms with Crippen LogP contribution in [0.1, 0.15) is 5.56 Å². The van der Waals surface area contributed by atoms with Gasteiger partial charge in [0.2, 0.25) is 0 Å². The van der Waals surface area contributed by atoms with Gasteiger partial charge in [0.05, 0.1) is 7.11 Å². The van der Waals surface area contributed by atoms with Gasteiger partial charge in [-0.2, -0.15) is 0 Å². The molecule has 2 rings (SSSR count). The van der Waals surface area contributed by atoms with E-state index in [1.165, 1.54) is 0 Å². The Labute approximate surface area is 129 Å². The van der Waals surface area contributed by atoms with Crippen molar-refractivity contribution in [1.82, 2.24) is 0 Å². The first-order chi connectivity index (χ1) is 10.2. The topological polar surface area (TPSA) is 59.6 Å². The van der Waals surface area contributed by atoms with Gasteiger partial charge in [-0.05, 0) is 42.3 Å². The molecule has 3 N–H and O–H groups in total. The zero-order valence-corrected chi connectivity index (χ0v) is 12.6. The van der Waals surface area contributed by atoms with Gasteiger partial charge >= 0.3 is 0 Å². The lowest BCUT2D eigenvalue weighted by atomic mass is 10.1. The predicted molar refractivity (Wildman–Crippen MR) is 88.3 cm³/mol. The minimum absolute atomic E-state index is 0.382. The summed E-state index contributed by atoms with van der Waals surface area (Å²) in [6, 6.07) is 15.2. The second-order valence-electron chi connectivity index (χ2n) is 4.46. The molecule has 0 aromatic heterocycles. The molecular weight excluding hydrogens is 286 g/mol. The number of methoxy groups -OCH3 is 1. The second-order valence-corrected chi connectivity index (χ2v) is 4.87. The van der Waals surface area contributed by atoms with Crippen molar-refractivity contribution in [3.8, 4) is 5.75 Å². The van der Waals surface area contributed by atoms with E-state index in [2.05, 4.69) is 10.3 Å². The molecule has 0 saturated heterocycles. The Morgan fingerprint density at radius 1 is 1.19 bits per heavy atom. The second kappa shape index (κ2) is 7.55. The number of aliphatic imine (C=N–C) groups is 1. The summed E-state index contributed by atoms with van der Waals surface area (Å²) in [6.45, 7) is 0.582. The van der Waals surface area contributed by atoms with E-state index >= 15 is 0 Å². The smallest absolute Gasteiger partial charge is 0.193 e. The maximum Gasteiger partial charge on any atom is 0.193 e. The lowest BCUT2D eigenvalue weighted by molar-refractivity contribution is 0.415. The van der Waals surface area contributed by atoms with Gasteiger partial charge in [-0.1, -0.05) is 29.8 Å². The van der Waals surface area contributed by atoms with Crippen molar-refractivity contribution in [1.29, 1.82) is 0 Å². The molecule has 0 aliphatic rings. The van der Waals surface area contributed by atoms with Gasteiger partial charge in [-0.3, -0.25) is 4.99 Å². The molecule has 0 spiro atoms. The Kier molecular flexibility index (Phi) is 5.46. The lowest BCUT2D eigenvalue weighted by Crippen LogP contribution is -2.23. The van der Waals surface area contributed by atoms with E-state index in [9.17, 15) is 0 Å². The Hall–Kier alpha value is -2.20. The van der Waals surface area contributed by atoms with Crippen LogP contribution in [0.5, 0.6) is 5.75 Å². The van der Waals surface area contributed by atoms with Crippen molar-refractivity contribution in [3.63, 3.8) is 0 Å². The van der Waals surface area contributed by atoms with E-state index in [0.717, 1.165) is 28.4 Å². The van der Waals surface area contributed by atoms with Crippen LogP contribution in [0.4, 0.5) is 5.69 Å². The predicted octanol–water partition coefficient (Wildman–Crippen LogP) is 3.32. The molecule has 21 heavy (non-hydrogen) atoms. The van der Waals surface area contributed by atoms with Crippen molar-refractivity contribution in [2.45, 2.75) is 6.42 Å². The first-order valence-electron chi connectivity index (χ1n) is 6.63. The van der Waals surface area contributed by atoms with E-state index in [-0.39, 0.29) is 0 Å². The van der Waals surface area contributed by atoms with Crippen LogP contribution in [0.15, 0.2) is 53.5 Å². The minimum atomic E-state index is 0.382. The molecule has 0 atom stereocenters. The first-order valence-corrected chi connectivity index (χ1v) is 7.01. The molecule has 5 heteroatoms. The van der Waals surface area contributed by atoms with Crippen LogP contribution >= 0.6 is 11.6 Å².